The zero-order chi connectivity index (χ0) is 31.6. The van der Waals surface area contributed by atoms with Gasteiger partial charge in [0.1, 0.15) is 36.0 Å². The zero-order valence-electron chi connectivity index (χ0n) is 22.4. The molecule has 0 bridgehead atoms. The molecule has 1 fully saturated rings. The van der Waals surface area contributed by atoms with E-state index in [0.29, 0.717) is 0 Å². The van der Waals surface area contributed by atoms with E-state index >= 15 is 0 Å². The summed E-state index contributed by atoms with van der Waals surface area (Å²) < 4.78 is 42.3. The van der Waals surface area contributed by atoms with Crippen molar-refractivity contribution in [3.8, 4) is 11.5 Å². The van der Waals surface area contributed by atoms with Gasteiger partial charge in [0.15, 0.2) is 17.0 Å². The van der Waals surface area contributed by atoms with Crippen molar-refractivity contribution < 1.29 is 47.5 Å². The Balaban J connectivity index is 1.33. The maximum absolute atomic E-state index is 14.0. The molecule has 44 heavy (non-hydrogen) atoms. The SMILES string of the molecule is C[C@]1(COC(=O)Oc2ccc([N+](=O)[O-])cc2)O[C@@H](n2cnc3c(N)nc(F)nc32)C[C@@H]1OC(=O)Oc1ccc([N+](=O)[O-])cc1. The summed E-state index contributed by atoms with van der Waals surface area (Å²) in [7, 11) is 0. The summed E-state index contributed by atoms with van der Waals surface area (Å²) in [5, 5.41) is 21.7. The lowest BCUT2D eigenvalue weighted by Crippen LogP contribution is -2.44. The highest BCUT2D eigenvalue weighted by molar-refractivity contribution is 5.81. The highest BCUT2D eigenvalue weighted by Crippen LogP contribution is 2.40. The molecule has 228 valence electrons. The number of fused-ring (bicyclic) bond motifs is 1. The number of hydrogen-bond donors (Lipinski definition) is 1. The van der Waals surface area contributed by atoms with Crippen LogP contribution in [0.5, 0.6) is 11.5 Å². The number of nitrogen functional groups attached to an aromatic ring is 1. The predicted octanol–water partition coefficient (Wildman–Crippen LogP) is 3.84. The number of nitro groups is 2. The van der Waals surface area contributed by atoms with Gasteiger partial charge in [-0.05, 0) is 31.2 Å². The molecule has 4 aromatic rings. The fourth-order valence-corrected chi connectivity index (χ4v) is 4.29. The van der Waals surface area contributed by atoms with Crippen LogP contribution in [0.25, 0.3) is 11.2 Å². The summed E-state index contributed by atoms with van der Waals surface area (Å²) in [6.45, 7) is 0.919. The highest BCUT2D eigenvalue weighted by atomic mass is 19.1. The van der Waals surface area contributed by atoms with Gasteiger partial charge in [0, 0.05) is 30.7 Å². The number of benzene rings is 2. The van der Waals surface area contributed by atoms with Gasteiger partial charge in [0.05, 0.1) is 16.2 Å². The lowest BCUT2D eigenvalue weighted by atomic mass is 10.00. The normalized spacial score (nSPS) is 19.3. The Labute approximate surface area is 244 Å². The van der Waals surface area contributed by atoms with Crippen LogP contribution in [0.1, 0.15) is 19.6 Å². The maximum atomic E-state index is 14.0. The molecule has 2 aromatic heterocycles. The molecule has 1 aliphatic rings. The van der Waals surface area contributed by atoms with Crippen molar-refractivity contribution in [1.82, 2.24) is 19.5 Å². The van der Waals surface area contributed by atoms with Gasteiger partial charge in [-0.3, -0.25) is 24.8 Å². The van der Waals surface area contributed by atoms with Crippen molar-refractivity contribution in [1.29, 1.82) is 0 Å². The van der Waals surface area contributed by atoms with E-state index < -0.39 is 52.8 Å². The molecular weight excluding hydrogens is 593 g/mol. The summed E-state index contributed by atoms with van der Waals surface area (Å²) >= 11 is 0. The van der Waals surface area contributed by atoms with E-state index in [2.05, 4.69) is 15.0 Å². The fraction of sp³-hybridized carbons (Fsp3) is 0.240. The van der Waals surface area contributed by atoms with Crippen molar-refractivity contribution in [2.24, 2.45) is 0 Å². The molecule has 3 heterocycles. The molecule has 0 aliphatic carbocycles. The van der Waals surface area contributed by atoms with E-state index in [1.54, 1.807) is 0 Å². The number of carbonyl (C=O) groups excluding carboxylic acids is 2. The van der Waals surface area contributed by atoms with Crippen LogP contribution >= 0.6 is 0 Å². The number of carbonyl (C=O) groups is 2. The van der Waals surface area contributed by atoms with Crippen LogP contribution in [-0.4, -0.2) is 60.0 Å². The van der Waals surface area contributed by atoms with Crippen molar-refractivity contribution in [2.75, 3.05) is 12.3 Å². The first-order valence-corrected chi connectivity index (χ1v) is 12.5. The number of anilines is 1. The van der Waals surface area contributed by atoms with Gasteiger partial charge in [0.25, 0.3) is 11.4 Å². The number of hydrogen-bond acceptors (Lipinski definition) is 15. The van der Waals surface area contributed by atoms with E-state index in [1.165, 1.54) is 42.1 Å². The standard InChI is InChI=1S/C25H20FN7O11/c1-25(11-40-23(34)41-15-6-2-13(3-7-15)32(36)37)17(43-24(35)42-16-8-4-14(5-9-16)33(38)39)10-18(44-25)31-12-28-19-20(27)29-22(26)30-21(19)31/h2-9,12,17-18H,10-11H2,1H3,(H2,27,29,30)/t17-,18+,25+/m0/s1. The molecule has 3 atom stereocenters. The third-order valence-corrected chi connectivity index (χ3v) is 6.45. The van der Waals surface area contributed by atoms with Crippen molar-refractivity contribution >= 4 is 40.7 Å². The lowest BCUT2D eigenvalue weighted by molar-refractivity contribution is -0.385. The number of nitrogens with two attached hydrogens (primary N) is 1. The Bertz CT molecular complexity index is 1750. The Morgan fingerprint density at radius 1 is 1.02 bits per heavy atom. The average Bonchev–Trinajstić information content (AvgIpc) is 3.53. The van der Waals surface area contributed by atoms with E-state index in [9.17, 15) is 34.2 Å². The van der Waals surface area contributed by atoms with Crippen LogP contribution < -0.4 is 15.2 Å². The third kappa shape index (κ3) is 6.26. The molecule has 0 radical (unpaired) electrons. The van der Waals surface area contributed by atoms with E-state index in [4.69, 9.17) is 29.4 Å². The molecule has 0 spiro atoms. The number of halogens is 1. The lowest BCUT2D eigenvalue weighted by Gasteiger charge is -2.29. The number of nitro benzene ring substituents is 2. The second-order valence-electron chi connectivity index (χ2n) is 9.42. The van der Waals surface area contributed by atoms with Gasteiger partial charge in [-0.25, -0.2) is 14.6 Å². The maximum Gasteiger partial charge on any atom is 0.514 e. The Hall–Kier alpha value is -5.98. The van der Waals surface area contributed by atoms with Crippen LogP contribution in [0.2, 0.25) is 0 Å². The number of nitrogens with zero attached hydrogens (tertiary/aromatic N) is 6. The molecule has 2 aromatic carbocycles. The van der Waals surface area contributed by atoms with Crippen LogP contribution in [0, 0.1) is 26.3 Å². The first kappa shape index (κ1) is 29.5. The predicted molar refractivity (Wildman–Crippen MR) is 142 cm³/mol. The van der Waals surface area contributed by atoms with Crippen LogP contribution in [0.3, 0.4) is 0 Å². The minimum atomic E-state index is -1.55. The van der Waals surface area contributed by atoms with Gasteiger partial charge in [-0.15, -0.1) is 0 Å². The Morgan fingerprint density at radius 2 is 1.59 bits per heavy atom. The van der Waals surface area contributed by atoms with Crippen molar-refractivity contribution in [3.05, 3.63) is 81.2 Å². The molecule has 2 N–H and O–H groups in total. The van der Waals surface area contributed by atoms with Gasteiger partial charge in [-0.2, -0.15) is 14.4 Å². The molecule has 19 heteroatoms. The molecule has 0 amide bonds. The number of non-ortho nitro benzene ring substituents is 2. The summed E-state index contributed by atoms with van der Waals surface area (Å²) in [4.78, 5) is 56.9. The number of imidazole rings is 1. The van der Waals surface area contributed by atoms with Gasteiger partial charge >= 0.3 is 18.4 Å². The van der Waals surface area contributed by atoms with Gasteiger partial charge < -0.3 is 29.4 Å². The molecule has 1 saturated heterocycles. The molecule has 0 unspecified atom stereocenters. The Kier molecular flexibility index (Phi) is 7.86. The first-order valence-electron chi connectivity index (χ1n) is 12.5. The smallest absolute Gasteiger partial charge is 0.431 e. The fourth-order valence-electron chi connectivity index (χ4n) is 4.29. The molecule has 0 saturated carbocycles. The average molecular weight is 613 g/mol. The monoisotopic (exact) mass is 613 g/mol. The molecule has 5 rings (SSSR count). The van der Waals surface area contributed by atoms with Crippen LogP contribution in [0.4, 0.5) is 31.2 Å². The number of aromatic nitrogens is 4. The van der Waals surface area contributed by atoms with E-state index in [1.807, 2.05) is 0 Å². The van der Waals surface area contributed by atoms with Crippen LogP contribution in [-0.2, 0) is 14.2 Å². The number of rotatable bonds is 8. The molecule has 18 nitrogen and oxygen atoms in total. The summed E-state index contributed by atoms with van der Waals surface area (Å²) in [6, 6.07) is 9.29. The van der Waals surface area contributed by atoms with E-state index in [0.717, 1.165) is 24.3 Å². The largest absolute Gasteiger partial charge is 0.514 e. The molecular formula is C25H20FN7O11. The van der Waals surface area contributed by atoms with Crippen LogP contribution in [0.15, 0.2) is 54.9 Å². The zero-order valence-corrected chi connectivity index (χ0v) is 22.4. The number of ether oxygens (including phenoxy) is 5. The summed E-state index contributed by atoms with van der Waals surface area (Å²) in [6.07, 6.45) is -4.51. The minimum absolute atomic E-state index is 0.0186. The summed E-state index contributed by atoms with van der Waals surface area (Å²) in [5.74, 6) is -0.313. The molecule has 1 aliphatic heterocycles. The van der Waals surface area contributed by atoms with Gasteiger partial charge in [-0.1, -0.05) is 0 Å². The topological polar surface area (TPSA) is 236 Å². The van der Waals surface area contributed by atoms with Crippen molar-refractivity contribution in [3.63, 3.8) is 0 Å². The van der Waals surface area contributed by atoms with Crippen molar-refractivity contribution in [2.45, 2.75) is 31.3 Å². The first-order chi connectivity index (χ1) is 20.9. The quantitative estimate of drug-likeness (QED) is 0.0976. The second-order valence-corrected chi connectivity index (χ2v) is 9.42. The highest BCUT2D eigenvalue weighted by Gasteiger charge is 2.50. The summed E-state index contributed by atoms with van der Waals surface area (Å²) in [5.41, 5.74) is 3.81. The Morgan fingerprint density at radius 3 is 2.16 bits per heavy atom. The third-order valence-electron chi connectivity index (χ3n) is 6.45. The van der Waals surface area contributed by atoms with E-state index in [-0.39, 0.29) is 46.3 Å². The second kappa shape index (κ2) is 11.7. The van der Waals surface area contributed by atoms with Gasteiger partial charge in [0.2, 0.25) is 0 Å². The minimum Gasteiger partial charge on any atom is -0.431 e.